The summed E-state index contributed by atoms with van der Waals surface area (Å²) in [6.07, 6.45) is 9.55. The highest BCUT2D eigenvalue weighted by Gasteiger charge is 2.16. The van der Waals surface area contributed by atoms with Gasteiger partial charge in [-0.1, -0.05) is 18.2 Å². The van der Waals surface area contributed by atoms with Crippen LogP contribution in [0.4, 0.5) is 5.82 Å². The maximum Gasteiger partial charge on any atom is 0.133 e. The van der Waals surface area contributed by atoms with Crippen LogP contribution in [0.1, 0.15) is 24.8 Å². The van der Waals surface area contributed by atoms with Crippen LogP contribution < -0.4 is 10.2 Å². The van der Waals surface area contributed by atoms with Crippen molar-refractivity contribution in [2.45, 2.75) is 32.4 Å². The molecule has 0 spiro atoms. The van der Waals surface area contributed by atoms with Gasteiger partial charge in [0.25, 0.3) is 0 Å². The Morgan fingerprint density at radius 1 is 1.08 bits per heavy atom. The summed E-state index contributed by atoms with van der Waals surface area (Å²) < 4.78 is 2.09. The zero-order chi connectivity index (χ0) is 16.9. The lowest BCUT2D eigenvalue weighted by atomic mass is 10.1. The van der Waals surface area contributed by atoms with Crippen molar-refractivity contribution in [2.75, 3.05) is 24.5 Å². The van der Waals surface area contributed by atoms with Crippen molar-refractivity contribution in [1.82, 2.24) is 19.9 Å². The number of pyridine rings is 1. The topological polar surface area (TPSA) is 46.0 Å². The summed E-state index contributed by atoms with van der Waals surface area (Å²) in [4.78, 5) is 11.5. The van der Waals surface area contributed by atoms with Crippen LogP contribution in [0.5, 0.6) is 0 Å². The molecule has 0 unspecified atom stereocenters. The molecule has 1 fully saturated rings. The Labute approximate surface area is 148 Å². The van der Waals surface area contributed by atoms with Crippen LogP contribution in [0.15, 0.2) is 49.1 Å². The number of nitrogens with one attached hydrogen (secondary N) is 1. The van der Waals surface area contributed by atoms with Gasteiger partial charge in [-0.15, -0.1) is 0 Å². The maximum absolute atomic E-state index is 5.00. The number of hydrogen-bond donors (Lipinski definition) is 1. The van der Waals surface area contributed by atoms with Crippen LogP contribution in [-0.4, -0.2) is 34.2 Å². The molecule has 1 aromatic carbocycles. The van der Waals surface area contributed by atoms with Crippen molar-refractivity contribution < 1.29 is 0 Å². The largest absolute Gasteiger partial charge is 0.356 e. The molecular weight excluding hydrogens is 310 g/mol. The first-order valence-corrected chi connectivity index (χ1v) is 9.20. The molecule has 0 bridgehead atoms. The molecule has 4 rings (SSSR count). The van der Waals surface area contributed by atoms with Crippen LogP contribution in [-0.2, 0) is 13.1 Å². The van der Waals surface area contributed by atoms with Gasteiger partial charge in [-0.05, 0) is 31.4 Å². The molecule has 1 aliphatic rings. The lowest BCUT2D eigenvalue weighted by Gasteiger charge is -2.30. The van der Waals surface area contributed by atoms with E-state index >= 15 is 0 Å². The number of piperidine rings is 1. The average molecular weight is 335 g/mol. The number of anilines is 1. The quantitative estimate of drug-likeness (QED) is 0.703. The van der Waals surface area contributed by atoms with Crippen molar-refractivity contribution in [3.63, 3.8) is 0 Å². The summed E-state index contributed by atoms with van der Waals surface area (Å²) in [5, 5.41) is 4.79. The third-order valence-corrected chi connectivity index (χ3v) is 4.86. The first-order chi connectivity index (χ1) is 12.4. The molecule has 0 saturated carbocycles. The molecule has 5 nitrogen and oxygen atoms in total. The smallest absolute Gasteiger partial charge is 0.133 e. The highest BCUT2D eigenvalue weighted by molar-refractivity contribution is 5.81. The number of fused-ring (bicyclic) bond motifs is 1. The SMILES string of the molecule is c1ccc2nc(N3CCCCC3)c(CNCCn3ccnc3)cc2c1. The molecule has 3 heterocycles. The van der Waals surface area contributed by atoms with Crippen LogP contribution in [0, 0.1) is 0 Å². The number of imidazole rings is 1. The minimum absolute atomic E-state index is 0.846. The van der Waals surface area contributed by atoms with Crippen LogP contribution in [0.25, 0.3) is 10.9 Å². The second-order valence-electron chi connectivity index (χ2n) is 6.69. The van der Waals surface area contributed by atoms with Crippen LogP contribution in [0.2, 0.25) is 0 Å². The summed E-state index contributed by atoms with van der Waals surface area (Å²) in [5.41, 5.74) is 2.39. The zero-order valence-corrected chi connectivity index (χ0v) is 14.6. The van der Waals surface area contributed by atoms with Crippen molar-refractivity contribution in [2.24, 2.45) is 0 Å². The monoisotopic (exact) mass is 335 g/mol. The third kappa shape index (κ3) is 3.82. The lowest BCUT2D eigenvalue weighted by molar-refractivity contribution is 0.566. The Balaban J connectivity index is 1.52. The van der Waals surface area contributed by atoms with Gasteiger partial charge in [0.1, 0.15) is 5.82 Å². The molecule has 5 heteroatoms. The van der Waals surface area contributed by atoms with E-state index in [4.69, 9.17) is 4.98 Å². The molecule has 0 aliphatic carbocycles. The van der Waals surface area contributed by atoms with Gasteiger partial charge in [-0.2, -0.15) is 0 Å². The first-order valence-electron chi connectivity index (χ1n) is 9.20. The highest BCUT2D eigenvalue weighted by atomic mass is 15.2. The molecule has 130 valence electrons. The molecule has 25 heavy (non-hydrogen) atoms. The Bertz CT molecular complexity index is 806. The molecule has 1 aliphatic heterocycles. The summed E-state index contributed by atoms with van der Waals surface area (Å²) in [6.45, 7) is 4.93. The lowest BCUT2D eigenvalue weighted by Crippen LogP contribution is -2.32. The molecule has 1 saturated heterocycles. The zero-order valence-electron chi connectivity index (χ0n) is 14.6. The van der Waals surface area contributed by atoms with Gasteiger partial charge in [-0.3, -0.25) is 0 Å². The summed E-state index contributed by atoms with van der Waals surface area (Å²) >= 11 is 0. The van der Waals surface area contributed by atoms with Gasteiger partial charge in [0.2, 0.25) is 0 Å². The fraction of sp³-hybridized carbons (Fsp3) is 0.400. The minimum Gasteiger partial charge on any atom is -0.356 e. The summed E-state index contributed by atoms with van der Waals surface area (Å²) in [6, 6.07) is 10.7. The molecular formula is C20H25N5. The van der Waals surface area contributed by atoms with E-state index in [9.17, 15) is 0 Å². The molecule has 0 radical (unpaired) electrons. The number of aromatic nitrogens is 3. The molecule has 0 amide bonds. The number of hydrogen-bond acceptors (Lipinski definition) is 4. The van der Waals surface area contributed by atoms with Gasteiger partial charge >= 0.3 is 0 Å². The van der Waals surface area contributed by atoms with E-state index in [1.807, 2.05) is 18.7 Å². The average Bonchev–Trinajstić information content (AvgIpc) is 3.19. The molecule has 1 N–H and O–H groups in total. The van der Waals surface area contributed by atoms with Crippen molar-refractivity contribution in [1.29, 1.82) is 0 Å². The molecule has 2 aromatic heterocycles. The molecule has 0 atom stereocenters. The van der Waals surface area contributed by atoms with Gasteiger partial charge in [0, 0.05) is 56.1 Å². The second kappa shape index (κ2) is 7.66. The highest BCUT2D eigenvalue weighted by Crippen LogP contribution is 2.26. The maximum atomic E-state index is 5.00. The van der Waals surface area contributed by atoms with Crippen LogP contribution >= 0.6 is 0 Å². The third-order valence-electron chi connectivity index (χ3n) is 4.86. The van der Waals surface area contributed by atoms with E-state index in [0.29, 0.717) is 0 Å². The second-order valence-corrected chi connectivity index (χ2v) is 6.69. The number of para-hydroxylation sites is 1. The Kier molecular flexibility index (Phi) is 4.93. The normalized spacial score (nSPS) is 15.0. The Morgan fingerprint density at radius 2 is 1.96 bits per heavy atom. The van der Waals surface area contributed by atoms with Gasteiger partial charge in [0.05, 0.1) is 11.8 Å². The van der Waals surface area contributed by atoms with Crippen molar-refractivity contribution in [3.05, 3.63) is 54.6 Å². The standard InChI is InChI=1S/C20H25N5/c1-4-10-25(11-5-1)20-18(14-17-6-2-3-7-19(17)23-20)15-21-8-12-24-13-9-22-16-24/h2-3,6-7,9,13-14,16,21H,1,4-5,8,10-12,15H2. The predicted octanol–water partition coefficient (Wildman–Crippen LogP) is 3.21. The fourth-order valence-corrected chi connectivity index (χ4v) is 3.51. The minimum atomic E-state index is 0.846. The Morgan fingerprint density at radius 3 is 2.80 bits per heavy atom. The summed E-state index contributed by atoms with van der Waals surface area (Å²) in [5.74, 6) is 1.16. The van der Waals surface area contributed by atoms with Crippen LogP contribution in [0.3, 0.4) is 0 Å². The van der Waals surface area contributed by atoms with Crippen molar-refractivity contribution >= 4 is 16.7 Å². The van der Waals surface area contributed by atoms with E-state index < -0.39 is 0 Å². The van der Waals surface area contributed by atoms with E-state index in [1.165, 1.54) is 30.2 Å². The van der Waals surface area contributed by atoms with Crippen molar-refractivity contribution in [3.8, 4) is 0 Å². The predicted molar refractivity (Wildman–Crippen MR) is 102 cm³/mol. The molecule has 3 aromatic rings. The van der Waals surface area contributed by atoms with Gasteiger partial charge < -0.3 is 14.8 Å². The van der Waals surface area contributed by atoms with Gasteiger partial charge in [-0.25, -0.2) is 9.97 Å². The Hall–Kier alpha value is -2.40. The number of nitrogens with zero attached hydrogens (tertiary/aromatic N) is 4. The van der Waals surface area contributed by atoms with E-state index in [-0.39, 0.29) is 0 Å². The van der Waals surface area contributed by atoms with E-state index in [2.05, 4.69) is 50.1 Å². The fourth-order valence-electron chi connectivity index (χ4n) is 3.51. The van der Waals surface area contributed by atoms with E-state index in [1.54, 1.807) is 0 Å². The summed E-state index contributed by atoms with van der Waals surface area (Å²) in [7, 11) is 0. The van der Waals surface area contributed by atoms with E-state index in [0.717, 1.165) is 44.1 Å². The number of benzene rings is 1. The first kappa shape index (κ1) is 16.1. The van der Waals surface area contributed by atoms with Gasteiger partial charge in [0.15, 0.2) is 0 Å². The number of rotatable bonds is 6.